The fraction of sp³-hybridized carbons (Fsp3) is 0.500. The standard InChI is InChI=1S/C14H18BrFN2O2/c1-18(8-13(19)9-2-3-9)14(20)17-7-10-6-11(16)4-5-12(10)15/h4-6,9,13,19H,2-3,7-8H2,1H3,(H,17,20). The van der Waals surface area contributed by atoms with Gasteiger partial charge < -0.3 is 15.3 Å². The van der Waals surface area contributed by atoms with Crippen LogP contribution >= 0.6 is 15.9 Å². The van der Waals surface area contributed by atoms with E-state index in [0.717, 1.165) is 17.3 Å². The number of benzene rings is 1. The second kappa shape index (κ2) is 6.54. The van der Waals surface area contributed by atoms with Gasteiger partial charge in [-0.05, 0) is 42.5 Å². The van der Waals surface area contributed by atoms with Crippen molar-refractivity contribution in [3.05, 3.63) is 34.1 Å². The Bertz CT molecular complexity index is 494. The number of halogens is 2. The summed E-state index contributed by atoms with van der Waals surface area (Å²) in [4.78, 5) is 13.3. The average Bonchev–Trinajstić information content (AvgIpc) is 3.23. The van der Waals surface area contributed by atoms with E-state index in [-0.39, 0.29) is 18.4 Å². The first-order chi connectivity index (χ1) is 9.47. The van der Waals surface area contributed by atoms with Gasteiger partial charge in [0.1, 0.15) is 5.82 Å². The van der Waals surface area contributed by atoms with E-state index < -0.39 is 6.10 Å². The molecule has 0 heterocycles. The summed E-state index contributed by atoms with van der Waals surface area (Å²) in [6.45, 7) is 0.557. The van der Waals surface area contributed by atoms with Crippen LogP contribution in [0.25, 0.3) is 0 Å². The van der Waals surface area contributed by atoms with Crippen LogP contribution in [0.3, 0.4) is 0 Å². The van der Waals surface area contributed by atoms with E-state index in [0.29, 0.717) is 18.0 Å². The lowest BCUT2D eigenvalue weighted by molar-refractivity contribution is 0.113. The van der Waals surface area contributed by atoms with E-state index >= 15 is 0 Å². The maximum atomic E-state index is 13.1. The van der Waals surface area contributed by atoms with E-state index in [4.69, 9.17) is 0 Å². The first-order valence-corrected chi connectivity index (χ1v) is 7.37. The van der Waals surface area contributed by atoms with Gasteiger partial charge in [-0.1, -0.05) is 15.9 Å². The molecule has 2 amide bonds. The average molecular weight is 345 g/mol. The number of carbonyl (C=O) groups is 1. The zero-order chi connectivity index (χ0) is 14.7. The number of hydrogen-bond acceptors (Lipinski definition) is 2. The largest absolute Gasteiger partial charge is 0.391 e. The zero-order valence-electron chi connectivity index (χ0n) is 11.3. The second-order valence-corrected chi connectivity index (χ2v) is 6.03. The van der Waals surface area contributed by atoms with Crippen molar-refractivity contribution < 1.29 is 14.3 Å². The minimum atomic E-state index is -0.452. The molecule has 2 rings (SSSR count). The normalized spacial score (nSPS) is 15.8. The van der Waals surface area contributed by atoms with Crippen LogP contribution in [0.5, 0.6) is 0 Å². The maximum absolute atomic E-state index is 13.1. The molecule has 1 atom stereocenters. The molecule has 20 heavy (non-hydrogen) atoms. The number of nitrogens with one attached hydrogen (secondary N) is 1. The van der Waals surface area contributed by atoms with Crippen molar-refractivity contribution >= 4 is 22.0 Å². The molecule has 0 radical (unpaired) electrons. The van der Waals surface area contributed by atoms with Crippen LogP contribution in [0.2, 0.25) is 0 Å². The molecule has 110 valence electrons. The molecule has 1 fully saturated rings. The topological polar surface area (TPSA) is 52.6 Å². The molecular weight excluding hydrogens is 327 g/mol. The quantitative estimate of drug-likeness (QED) is 0.862. The third-order valence-electron chi connectivity index (χ3n) is 3.41. The molecule has 1 unspecified atom stereocenters. The first kappa shape index (κ1) is 15.3. The van der Waals surface area contributed by atoms with Gasteiger partial charge in [-0.25, -0.2) is 9.18 Å². The van der Waals surface area contributed by atoms with E-state index in [1.807, 2.05) is 0 Å². The molecule has 0 aliphatic heterocycles. The van der Waals surface area contributed by atoms with Crippen LogP contribution in [0.1, 0.15) is 18.4 Å². The van der Waals surface area contributed by atoms with E-state index in [1.165, 1.54) is 17.0 Å². The van der Waals surface area contributed by atoms with Gasteiger partial charge in [0.2, 0.25) is 0 Å². The van der Waals surface area contributed by atoms with Crippen molar-refractivity contribution in [2.24, 2.45) is 5.92 Å². The Kier molecular flexibility index (Phi) is 4.99. The summed E-state index contributed by atoms with van der Waals surface area (Å²) in [5.74, 6) is -0.00225. The highest BCUT2D eigenvalue weighted by molar-refractivity contribution is 9.10. The maximum Gasteiger partial charge on any atom is 0.317 e. The fourth-order valence-electron chi connectivity index (χ4n) is 1.98. The lowest BCUT2D eigenvalue weighted by Crippen LogP contribution is -2.41. The Balaban J connectivity index is 1.83. The van der Waals surface area contributed by atoms with E-state index in [9.17, 15) is 14.3 Å². The molecular formula is C14H18BrFN2O2. The van der Waals surface area contributed by atoms with Crippen molar-refractivity contribution in [2.75, 3.05) is 13.6 Å². The van der Waals surface area contributed by atoms with Crippen molar-refractivity contribution in [3.63, 3.8) is 0 Å². The molecule has 1 aliphatic rings. The SMILES string of the molecule is CN(CC(O)C1CC1)C(=O)NCc1cc(F)ccc1Br. The number of nitrogens with zero attached hydrogens (tertiary/aromatic N) is 1. The Morgan fingerprint density at radius 3 is 2.95 bits per heavy atom. The van der Waals surface area contributed by atoms with Gasteiger partial charge >= 0.3 is 6.03 Å². The molecule has 6 heteroatoms. The highest BCUT2D eigenvalue weighted by Gasteiger charge is 2.31. The predicted molar refractivity (Wildman–Crippen MR) is 77.7 cm³/mol. The van der Waals surface area contributed by atoms with Gasteiger partial charge in [-0.3, -0.25) is 0 Å². The Morgan fingerprint density at radius 1 is 1.60 bits per heavy atom. The van der Waals surface area contributed by atoms with E-state index in [2.05, 4.69) is 21.2 Å². The summed E-state index contributed by atoms with van der Waals surface area (Å²) in [6, 6.07) is 4.06. The number of aliphatic hydroxyl groups excluding tert-OH is 1. The number of carbonyl (C=O) groups excluding carboxylic acids is 1. The number of urea groups is 1. The minimum absolute atomic E-state index is 0.237. The van der Waals surface area contributed by atoms with Crippen molar-refractivity contribution in [1.82, 2.24) is 10.2 Å². The van der Waals surface area contributed by atoms with Gasteiger partial charge in [-0.15, -0.1) is 0 Å². The minimum Gasteiger partial charge on any atom is -0.391 e. The van der Waals surface area contributed by atoms with Crippen LogP contribution in [0.15, 0.2) is 22.7 Å². The third-order valence-corrected chi connectivity index (χ3v) is 4.19. The van der Waals surface area contributed by atoms with Crippen LogP contribution < -0.4 is 5.32 Å². The summed E-state index contributed by atoms with van der Waals surface area (Å²) in [6.07, 6.45) is 1.62. The van der Waals surface area contributed by atoms with Crippen molar-refractivity contribution in [3.8, 4) is 0 Å². The smallest absolute Gasteiger partial charge is 0.317 e. The summed E-state index contributed by atoms with van der Waals surface area (Å²) in [7, 11) is 1.64. The molecule has 0 spiro atoms. The Hall–Kier alpha value is -1.14. The van der Waals surface area contributed by atoms with Crippen molar-refractivity contribution in [2.45, 2.75) is 25.5 Å². The monoisotopic (exact) mass is 344 g/mol. The molecule has 1 aromatic carbocycles. The summed E-state index contributed by atoms with van der Waals surface area (Å²) >= 11 is 3.31. The van der Waals surface area contributed by atoms with Gasteiger partial charge in [0, 0.05) is 24.6 Å². The second-order valence-electron chi connectivity index (χ2n) is 5.18. The Labute approximate surface area is 126 Å². The number of rotatable bonds is 5. The first-order valence-electron chi connectivity index (χ1n) is 6.58. The molecule has 1 saturated carbocycles. The lowest BCUT2D eigenvalue weighted by atomic mass is 10.2. The predicted octanol–water partition coefficient (Wildman–Crippen LogP) is 2.50. The van der Waals surface area contributed by atoms with Gasteiger partial charge in [0.15, 0.2) is 0 Å². The molecule has 2 N–H and O–H groups in total. The van der Waals surface area contributed by atoms with Crippen LogP contribution in [-0.2, 0) is 6.54 Å². The van der Waals surface area contributed by atoms with Gasteiger partial charge in [0.05, 0.1) is 6.10 Å². The fourth-order valence-corrected chi connectivity index (χ4v) is 2.36. The number of aliphatic hydroxyl groups is 1. The Morgan fingerprint density at radius 2 is 2.30 bits per heavy atom. The summed E-state index contributed by atoms with van der Waals surface area (Å²) in [5, 5.41) is 12.5. The molecule has 1 aromatic rings. The number of likely N-dealkylation sites (N-methyl/N-ethyl adjacent to an activating group) is 1. The lowest BCUT2D eigenvalue weighted by Gasteiger charge is -2.21. The van der Waals surface area contributed by atoms with Crippen LogP contribution in [-0.4, -0.2) is 35.7 Å². The highest BCUT2D eigenvalue weighted by atomic mass is 79.9. The number of amides is 2. The highest BCUT2D eigenvalue weighted by Crippen LogP contribution is 2.32. The van der Waals surface area contributed by atoms with Gasteiger partial charge in [-0.2, -0.15) is 0 Å². The molecule has 0 saturated heterocycles. The number of hydrogen-bond donors (Lipinski definition) is 2. The molecule has 0 bridgehead atoms. The van der Waals surface area contributed by atoms with E-state index in [1.54, 1.807) is 13.1 Å². The zero-order valence-corrected chi connectivity index (χ0v) is 12.9. The summed E-state index contributed by atoms with van der Waals surface area (Å²) in [5.41, 5.74) is 0.675. The molecule has 4 nitrogen and oxygen atoms in total. The van der Waals surface area contributed by atoms with Crippen LogP contribution in [0, 0.1) is 11.7 Å². The van der Waals surface area contributed by atoms with Crippen LogP contribution in [0.4, 0.5) is 9.18 Å². The van der Waals surface area contributed by atoms with Crippen molar-refractivity contribution in [1.29, 1.82) is 0 Å². The third kappa shape index (κ3) is 4.18. The molecule has 0 aromatic heterocycles. The summed E-state index contributed by atoms with van der Waals surface area (Å²) < 4.78 is 13.9. The van der Waals surface area contributed by atoms with Gasteiger partial charge in [0.25, 0.3) is 0 Å². The molecule has 1 aliphatic carbocycles.